The number of rotatable bonds is 11. The Labute approximate surface area is 173 Å². The number of hydrogen-bond donors (Lipinski definition) is 3. The molecule has 0 aromatic carbocycles. The second kappa shape index (κ2) is 10.9. The fraction of sp³-hybridized carbons (Fsp3) is 0.474. The Morgan fingerprint density at radius 2 is 2.03 bits per heavy atom. The zero-order valence-corrected chi connectivity index (χ0v) is 18.7. The van der Waals surface area contributed by atoms with Crippen molar-refractivity contribution in [3.05, 3.63) is 23.9 Å². The summed E-state index contributed by atoms with van der Waals surface area (Å²) in [4.78, 5) is 29.0. The second-order valence-corrected chi connectivity index (χ2v) is 9.32. The molecule has 1 atom stereocenters. The zero-order chi connectivity index (χ0) is 21.4. The minimum atomic E-state index is -0.524. The van der Waals surface area contributed by atoms with Crippen LogP contribution >= 0.6 is 7.92 Å². The summed E-state index contributed by atoms with van der Waals surface area (Å²) in [6, 6.07) is 3.86. The normalized spacial score (nSPS) is 11.9. The highest BCUT2D eigenvalue weighted by atomic mass is 31.1. The fourth-order valence-corrected chi connectivity index (χ4v) is 3.43. The Bertz CT molecular complexity index is 800. The minimum absolute atomic E-state index is 0.340. The molecule has 0 unspecified atom stereocenters. The number of pyridine rings is 1. The van der Waals surface area contributed by atoms with Crippen LogP contribution in [0.25, 0.3) is 0 Å². The molecule has 0 radical (unpaired) electrons. The summed E-state index contributed by atoms with van der Waals surface area (Å²) in [6.45, 7) is 6.27. The Hall–Kier alpha value is -2.51. The highest BCUT2D eigenvalue weighted by molar-refractivity contribution is 7.64. The lowest BCUT2D eigenvalue weighted by Crippen LogP contribution is -2.27. The number of nitrogens with zero attached hydrogens (tertiary/aromatic N) is 5. The minimum Gasteiger partial charge on any atom is -0.382 e. The number of hydrogen-bond acceptors (Lipinski definition) is 8. The van der Waals surface area contributed by atoms with Crippen LogP contribution in [0.5, 0.6) is 0 Å². The van der Waals surface area contributed by atoms with Crippen molar-refractivity contribution in [3.63, 3.8) is 0 Å². The number of carbonyl (C=O) groups is 1. The molecule has 1 amide bonds. The number of carbonyl (C=O) groups excluding carboxylic acids is 1. The van der Waals surface area contributed by atoms with Crippen molar-refractivity contribution < 1.29 is 4.79 Å². The lowest BCUT2D eigenvalue weighted by molar-refractivity contribution is -0.107. The molecule has 158 valence electrons. The maximum Gasteiger partial charge on any atom is 0.215 e. The number of nitrogens with two attached hydrogens (primary N) is 1. The first-order valence-corrected chi connectivity index (χ1v) is 11.5. The molecule has 0 saturated heterocycles. The quantitative estimate of drug-likeness (QED) is 0.371. The number of nitrogen functional groups attached to an aromatic ring is 1. The van der Waals surface area contributed by atoms with E-state index in [0.29, 0.717) is 29.4 Å². The molecule has 0 aliphatic rings. The Kier molecular flexibility index (Phi) is 8.54. The summed E-state index contributed by atoms with van der Waals surface area (Å²) in [6.07, 6.45) is 3.47. The third kappa shape index (κ3) is 6.24. The second-order valence-electron chi connectivity index (χ2n) is 6.89. The van der Waals surface area contributed by atoms with Gasteiger partial charge in [-0.1, -0.05) is 13.0 Å². The molecule has 0 bridgehead atoms. The summed E-state index contributed by atoms with van der Waals surface area (Å²) < 4.78 is 0. The summed E-state index contributed by atoms with van der Waals surface area (Å²) in [5.41, 5.74) is 8.27. The van der Waals surface area contributed by atoms with E-state index in [1.54, 1.807) is 13.2 Å². The van der Waals surface area contributed by atoms with E-state index in [-0.39, 0.29) is 0 Å². The molecule has 2 aromatic rings. The molecule has 10 heteroatoms. The average Bonchev–Trinajstić information content (AvgIpc) is 2.71. The van der Waals surface area contributed by atoms with Crippen molar-refractivity contribution in [3.8, 4) is 0 Å². The van der Waals surface area contributed by atoms with Crippen LogP contribution in [0.3, 0.4) is 0 Å². The van der Waals surface area contributed by atoms with Crippen LogP contribution in [-0.4, -0.2) is 73.3 Å². The predicted octanol–water partition coefficient (Wildman–Crippen LogP) is 1.39. The van der Waals surface area contributed by atoms with E-state index < -0.39 is 7.92 Å². The van der Waals surface area contributed by atoms with Crippen LogP contribution in [0, 0.1) is 0 Å². The van der Waals surface area contributed by atoms with Crippen molar-refractivity contribution in [1.29, 1.82) is 0 Å². The third-order valence-corrected chi connectivity index (χ3v) is 6.25. The van der Waals surface area contributed by atoms with E-state index >= 15 is 0 Å². The van der Waals surface area contributed by atoms with E-state index in [2.05, 4.69) is 44.1 Å². The van der Waals surface area contributed by atoms with E-state index in [1.807, 2.05) is 26.2 Å². The van der Waals surface area contributed by atoms with E-state index in [1.165, 1.54) is 4.90 Å². The largest absolute Gasteiger partial charge is 0.382 e. The maximum absolute atomic E-state index is 11.9. The van der Waals surface area contributed by atoms with Crippen molar-refractivity contribution in [1.82, 2.24) is 19.9 Å². The van der Waals surface area contributed by atoms with Gasteiger partial charge in [0, 0.05) is 26.3 Å². The van der Waals surface area contributed by atoms with Gasteiger partial charge in [-0.25, -0.2) is 15.0 Å². The molecular weight excluding hydrogens is 387 g/mol. The first-order valence-electron chi connectivity index (χ1n) is 9.51. The Morgan fingerprint density at radius 1 is 1.28 bits per heavy atom. The van der Waals surface area contributed by atoms with Crippen molar-refractivity contribution in [2.75, 3.05) is 68.3 Å². The molecule has 2 rings (SSSR count). The van der Waals surface area contributed by atoms with Gasteiger partial charge in [0.25, 0.3) is 0 Å². The Morgan fingerprint density at radius 3 is 2.59 bits per heavy atom. The molecule has 2 heterocycles. The molecule has 29 heavy (non-hydrogen) atoms. The summed E-state index contributed by atoms with van der Waals surface area (Å²) in [5.74, 6) is 1.64. The van der Waals surface area contributed by atoms with Crippen LogP contribution in [0.4, 0.5) is 23.1 Å². The van der Waals surface area contributed by atoms with Gasteiger partial charge in [-0.15, -0.1) is 0 Å². The third-order valence-electron chi connectivity index (χ3n) is 4.41. The molecule has 0 saturated carbocycles. The smallest absolute Gasteiger partial charge is 0.215 e. The number of nitrogens with one attached hydrogen (secondary N) is 2. The van der Waals surface area contributed by atoms with Gasteiger partial charge in [0.2, 0.25) is 6.41 Å². The molecular formula is C19H31N8OP. The van der Waals surface area contributed by atoms with Gasteiger partial charge in [-0.3, -0.25) is 9.69 Å². The highest BCUT2D eigenvalue weighted by Crippen LogP contribution is 2.32. The van der Waals surface area contributed by atoms with E-state index in [9.17, 15) is 4.79 Å². The number of aromatic nitrogens is 3. The monoisotopic (exact) mass is 418 g/mol. The van der Waals surface area contributed by atoms with Gasteiger partial charge in [-0.05, 0) is 46.5 Å². The van der Waals surface area contributed by atoms with Gasteiger partial charge in [0.05, 0.1) is 6.54 Å². The maximum atomic E-state index is 11.9. The lowest BCUT2D eigenvalue weighted by atomic mass is 10.2. The first kappa shape index (κ1) is 22.8. The van der Waals surface area contributed by atoms with Gasteiger partial charge in [0.1, 0.15) is 11.5 Å². The van der Waals surface area contributed by atoms with Crippen LogP contribution in [0.2, 0.25) is 0 Å². The van der Waals surface area contributed by atoms with Gasteiger partial charge < -0.3 is 21.3 Å². The molecule has 0 fully saturated rings. The SMILES string of the molecule is CC[P@@](C)c1nc(N)c(NC)c(N(C=O)Cc2ccc(NCCN(C)C)nc2)n1. The first-order chi connectivity index (χ1) is 13.9. The van der Waals surface area contributed by atoms with Gasteiger partial charge >= 0.3 is 0 Å². The topological polar surface area (TPSA) is 112 Å². The standard InChI is InChI=1S/C19H31N8OP/c1-6-29(5)19-24-17(20)16(21-2)18(25-19)27(13-28)12-14-7-8-15(23-11-14)22-9-10-26(3)4/h7-8,11,13,21H,6,9-10,12H2,1-5H3,(H,22,23)(H2,20,24,25)/t29-/m1/s1. The molecule has 0 aliphatic carbocycles. The van der Waals surface area contributed by atoms with E-state index in [0.717, 1.165) is 37.0 Å². The molecule has 2 aromatic heterocycles. The van der Waals surface area contributed by atoms with Crippen LogP contribution in [0.15, 0.2) is 18.3 Å². The van der Waals surface area contributed by atoms with Crippen molar-refractivity contribution >= 4 is 43.0 Å². The molecule has 9 nitrogen and oxygen atoms in total. The van der Waals surface area contributed by atoms with E-state index in [4.69, 9.17) is 5.73 Å². The summed E-state index contributed by atoms with van der Waals surface area (Å²) >= 11 is 0. The molecule has 4 N–H and O–H groups in total. The fourth-order valence-electron chi connectivity index (χ4n) is 2.60. The predicted molar refractivity (Wildman–Crippen MR) is 123 cm³/mol. The van der Waals surface area contributed by atoms with Crippen LogP contribution in [-0.2, 0) is 11.3 Å². The average molecular weight is 418 g/mol. The lowest BCUT2D eigenvalue weighted by Gasteiger charge is -2.22. The van der Waals surface area contributed by atoms with Crippen LogP contribution < -0.4 is 26.8 Å². The highest BCUT2D eigenvalue weighted by Gasteiger charge is 2.19. The summed E-state index contributed by atoms with van der Waals surface area (Å²) in [5, 5.41) is 6.29. The van der Waals surface area contributed by atoms with Crippen molar-refractivity contribution in [2.45, 2.75) is 13.5 Å². The van der Waals surface area contributed by atoms with Crippen LogP contribution in [0.1, 0.15) is 12.5 Å². The van der Waals surface area contributed by atoms with Crippen molar-refractivity contribution in [2.24, 2.45) is 0 Å². The summed E-state index contributed by atoms with van der Waals surface area (Å²) in [7, 11) is 5.27. The zero-order valence-electron chi connectivity index (χ0n) is 17.8. The number of anilines is 4. The Balaban J connectivity index is 2.21. The number of likely N-dealkylation sites (N-methyl/N-ethyl adjacent to an activating group) is 1. The van der Waals surface area contributed by atoms with Gasteiger partial charge in [-0.2, -0.15) is 0 Å². The molecule has 0 spiro atoms. The number of amides is 1. The van der Waals surface area contributed by atoms with Gasteiger partial charge in [0.15, 0.2) is 17.2 Å². The molecule has 0 aliphatic heterocycles.